The Bertz CT molecular complexity index is 183. The number of aliphatic hydroxyl groups is 1. The van der Waals surface area contributed by atoms with Crippen molar-refractivity contribution in [3.8, 4) is 0 Å². The lowest BCUT2D eigenvalue weighted by molar-refractivity contribution is 0.0391. The fraction of sp³-hybridized carbons (Fsp3) is 1.00. The van der Waals surface area contributed by atoms with Crippen LogP contribution < -0.4 is 0 Å². The highest BCUT2D eigenvalue weighted by molar-refractivity contribution is 4.98. The monoisotopic (exact) mass is 198 g/mol. The van der Waals surface area contributed by atoms with E-state index in [4.69, 9.17) is 4.74 Å². The molecule has 2 aliphatic carbocycles. The molecule has 14 heavy (non-hydrogen) atoms. The lowest BCUT2D eigenvalue weighted by Crippen LogP contribution is -2.27. The number of methoxy groups -OCH3 is 1. The summed E-state index contributed by atoms with van der Waals surface area (Å²) in [7, 11) is 1.73. The Morgan fingerprint density at radius 2 is 1.93 bits per heavy atom. The van der Waals surface area contributed by atoms with Crippen molar-refractivity contribution >= 4 is 0 Å². The molecule has 0 heterocycles. The van der Waals surface area contributed by atoms with Crippen molar-refractivity contribution < 1.29 is 9.84 Å². The summed E-state index contributed by atoms with van der Waals surface area (Å²) in [6.07, 6.45) is 4.91. The van der Waals surface area contributed by atoms with Gasteiger partial charge < -0.3 is 9.84 Å². The molecule has 0 aromatic carbocycles. The minimum absolute atomic E-state index is 0.0852. The van der Waals surface area contributed by atoms with Crippen LogP contribution in [-0.4, -0.2) is 24.9 Å². The van der Waals surface area contributed by atoms with Crippen molar-refractivity contribution in [2.75, 3.05) is 13.7 Å². The van der Waals surface area contributed by atoms with Crippen LogP contribution in [0.25, 0.3) is 0 Å². The van der Waals surface area contributed by atoms with Gasteiger partial charge in [-0.3, -0.25) is 0 Å². The van der Waals surface area contributed by atoms with Gasteiger partial charge in [-0.25, -0.2) is 0 Å². The third kappa shape index (κ3) is 2.12. The molecular weight excluding hydrogens is 176 g/mol. The zero-order chi connectivity index (χ0) is 10.1. The average Bonchev–Trinajstić information content (AvgIpc) is 2.81. The molecule has 2 heteroatoms. The molecular formula is C12H22O2. The first-order chi connectivity index (χ1) is 6.72. The molecule has 0 bridgehead atoms. The molecule has 0 aromatic rings. The Hall–Kier alpha value is -0.0800. The standard InChI is InChI=1S/C12H22O2/c1-8(3-4-14-2)12(13)11-6-9-5-10(9)7-11/h8-13H,3-7H2,1-2H3. The first-order valence-corrected chi connectivity index (χ1v) is 5.89. The zero-order valence-corrected chi connectivity index (χ0v) is 9.28. The van der Waals surface area contributed by atoms with Gasteiger partial charge in [-0.15, -0.1) is 0 Å². The topological polar surface area (TPSA) is 29.5 Å². The quantitative estimate of drug-likeness (QED) is 0.732. The van der Waals surface area contributed by atoms with Crippen LogP contribution in [-0.2, 0) is 4.74 Å². The second-order valence-corrected chi connectivity index (χ2v) is 5.24. The summed E-state index contributed by atoms with van der Waals surface area (Å²) in [5.74, 6) is 2.94. The van der Waals surface area contributed by atoms with E-state index in [2.05, 4.69) is 6.92 Å². The molecule has 0 saturated heterocycles. The van der Waals surface area contributed by atoms with E-state index < -0.39 is 0 Å². The van der Waals surface area contributed by atoms with Gasteiger partial charge in [0, 0.05) is 13.7 Å². The van der Waals surface area contributed by atoms with Gasteiger partial charge in [-0.1, -0.05) is 6.92 Å². The first kappa shape index (κ1) is 10.4. The lowest BCUT2D eigenvalue weighted by atomic mass is 9.87. The van der Waals surface area contributed by atoms with Crippen LogP contribution in [0.5, 0.6) is 0 Å². The number of rotatable bonds is 5. The Labute approximate surface area is 86.6 Å². The fourth-order valence-corrected chi connectivity index (χ4v) is 2.98. The summed E-state index contributed by atoms with van der Waals surface area (Å²) in [6, 6.07) is 0. The highest BCUT2D eigenvalue weighted by Gasteiger charge is 2.48. The smallest absolute Gasteiger partial charge is 0.0594 e. The molecule has 4 unspecified atom stereocenters. The molecule has 0 spiro atoms. The molecule has 2 rings (SSSR count). The van der Waals surface area contributed by atoms with Gasteiger partial charge in [0.2, 0.25) is 0 Å². The summed E-state index contributed by atoms with van der Waals surface area (Å²) in [5, 5.41) is 10.1. The van der Waals surface area contributed by atoms with Crippen molar-refractivity contribution in [3.05, 3.63) is 0 Å². The van der Waals surface area contributed by atoms with Crippen LogP contribution in [0.2, 0.25) is 0 Å². The number of ether oxygens (including phenoxy) is 1. The maximum absolute atomic E-state index is 10.1. The summed E-state index contributed by atoms with van der Waals surface area (Å²) >= 11 is 0. The number of hydrogen-bond donors (Lipinski definition) is 1. The van der Waals surface area contributed by atoms with Gasteiger partial charge in [0.05, 0.1) is 6.10 Å². The summed E-state index contributed by atoms with van der Waals surface area (Å²) in [4.78, 5) is 0. The molecule has 2 saturated carbocycles. The molecule has 4 atom stereocenters. The zero-order valence-electron chi connectivity index (χ0n) is 9.28. The minimum atomic E-state index is -0.0852. The van der Waals surface area contributed by atoms with Crippen LogP contribution >= 0.6 is 0 Å². The SMILES string of the molecule is COCCC(C)C(O)C1CC2CC2C1. The van der Waals surface area contributed by atoms with Crippen LogP contribution in [0, 0.1) is 23.7 Å². The maximum Gasteiger partial charge on any atom is 0.0594 e. The number of aliphatic hydroxyl groups excluding tert-OH is 1. The fourth-order valence-electron chi connectivity index (χ4n) is 2.98. The third-order valence-electron chi connectivity index (χ3n) is 4.12. The molecule has 0 aromatic heterocycles. The molecule has 82 valence electrons. The summed E-state index contributed by atoms with van der Waals surface area (Å²) in [6.45, 7) is 2.92. The Kier molecular flexibility index (Phi) is 3.13. The van der Waals surface area contributed by atoms with E-state index in [1.54, 1.807) is 7.11 Å². The number of fused-ring (bicyclic) bond motifs is 1. The molecule has 0 amide bonds. The average molecular weight is 198 g/mol. The van der Waals surface area contributed by atoms with Crippen molar-refractivity contribution in [1.29, 1.82) is 0 Å². The molecule has 2 aliphatic rings. The van der Waals surface area contributed by atoms with Gasteiger partial charge in [-0.2, -0.15) is 0 Å². The maximum atomic E-state index is 10.1. The normalized spacial score (nSPS) is 39.2. The van der Waals surface area contributed by atoms with Crippen LogP contribution in [0.3, 0.4) is 0 Å². The van der Waals surface area contributed by atoms with Crippen molar-refractivity contribution in [2.24, 2.45) is 23.7 Å². The van der Waals surface area contributed by atoms with Crippen LogP contribution in [0.1, 0.15) is 32.6 Å². The van der Waals surface area contributed by atoms with Gasteiger partial charge in [-0.05, 0) is 49.4 Å². The third-order valence-corrected chi connectivity index (χ3v) is 4.12. The molecule has 2 fully saturated rings. The summed E-state index contributed by atoms with van der Waals surface area (Å²) < 4.78 is 5.04. The van der Waals surface area contributed by atoms with Crippen LogP contribution in [0.4, 0.5) is 0 Å². The van der Waals surface area contributed by atoms with E-state index in [1.807, 2.05) is 0 Å². The highest BCUT2D eigenvalue weighted by atomic mass is 16.5. The summed E-state index contributed by atoms with van der Waals surface area (Å²) in [5.41, 5.74) is 0. The lowest BCUT2D eigenvalue weighted by Gasteiger charge is -2.25. The molecule has 2 nitrogen and oxygen atoms in total. The van der Waals surface area contributed by atoms with Gasteiger partial charge in [0.1, 0.15) is 0 Å². The Morgan fingerprint density at radius 1 is 1.29 bits per heavy atom. The second kappa shape index (κ2) is 4.19. The Balaban J connectivity index is 1.73. The van der Waals surface area contributed by atoms with Gasteiger partial charge in [0.15, 0.2) is 0 Å². The highest BCUT2D eigenvalue weighted by Crippen LogP contribution is 2.55. The van der Waals surface area contributed by atoms with E-state index in [-0.39, 0.29) is 6.10 Å². The van der Waals surface area contributed by atoms with Gasteiger partial charge in [0.25, 0.3) is 0 Å². The number of hydrogen-bond acceptors (Lipinski definition) is 2. The molecule has 0 radical (unpaired) electrons. The van der Waals surface area contributed by atoms with E-state index in [0.29, 0.717) is 11.8 Å². The second-order valence-electron chi connectivity index (χ2n) is 5.24. The first-order valence-electron chi connectivity index (χ1n) is 5.89. The van der Waals surface area contributed by atoms with E-state index >= 15 is 0 Å². The van der Waals surface area contributed by atoms with Crippen LogP contribution in [0.15, 0.2) is 0 Å². The van der Waals surface area contributed by atoms with Gasteiger partial charge >= 0.3 is 0 Å². The van der Waals surface area contributed by atoms with E-state index in [1.165, 1.54) is 19.3 Å². The minimum Gasteiger partial charge on any atom is -0.393 e. The predicted molar refractivity (Wildman–Crippen MR) is 56.0 cm³/mol. The molecule has 0 aliphatic heterocycles. The van der Waals surface area contributed by atoms with E-state index in [0.717, 1.165) is 24.9 Å². The largest absolute Gasteiger partial charge is 0.393 e. The van der Waals surface area contributed by atoms with Crippen molar-refractivity contribution in [1.82, 2.24) is 0 Å². The predicted octanol–water partition coefficient (Wildman–Crippen LogP) is 2.07. The molecule has 1 N–H and O–H groups in total. The van der Waals surface area contributed by atoms with Crippen molar-refractivity contribution in [3.63, 3.8) is 0 Å². The van der Waals surface area contributed by atoms with E-state index in [9.17, 15) is 5.11 Å². The Morgan fingerprint density at radius 3 is 2.50 bits per heavy atom. The van der Waals surface area contributed by atoms with Crippen molar-refractivity contribution in [2.45, 2.75) is 38.7 Å².